The van der Waals surface area contributed by atoms with Gasteiger partial charge in [0.15, 0.2) is 5.76 Å². The molecule has 1 N–H and O–H groups in total. The van der Waals surface area contributed by atoms with Crippen LogP contribution in [-0.4, -0.2) is 29.0 Å². The number of benzene rings is 1. The molecule has 0 bridgehead atoms. The van der Waals surface area contributed by atoms with Gasteiger partial charge in [0.25, 0.3) is 0 Å². The number of rotatable bonds is 5. The predicted molar refractivity (Wildman–Crippen MR) is 85.9 cm³/mol. The lowest BCUT2D eigenvalue weighted by Gasteiger charge is -2.02. The molecule has 0 radical (unpaired) electrons. The van der Waals surface area contributed by atoms with Crippen LogP contribution in [0.1, 0.15) is 28.1 Å². The van der Waals surface area contributed by atoms with Crippen LogP contribution in [0.4, 0.5) is 0 Å². The van der Waals surface area contributed by atoms with Gasteiger partial charge in [-0.3, -0.25) is 14.6 Å². The summed E-state index contributed by atoms with van der Waals surface area (Å²) >= 11 is 0. The summed E-state index contributed by atoms with van der Waals surface area (Å²) in [5.74, 6) is -0.509. The SMILES string of the molecule is COC(=O)CCc1c(C(=O)c2cccnc2)oc2cc(O)ccc12. The first-order valence-electron chi connectivity index (χ1n) is 7.36. The fraction of sp³-hybridized carbons (Fsp3) is 0.167. The highest BCUT2D eigenvalue weighted by molar-refractivity contribution is 6.10. The first-order valence-corrected chi connectivity index (χ1v) is 7.36. The molecule has 3 rings (SSSR count). The third-order valence-corrected chi connectivity index (χ3v) is 3.71. The van der Waals surface area contributed by atoms with Gasteiger partial charge in [0.2, 0.25) is 5.78 Å². The van der Waals surface area contributed by atoms with E-state index >= 15 is 0 Å². The van der Waals surface area contributed by atoms with Gasteiger partial charge in [-0.15, -0.1) is 0 Å². The summed E-state index contributed by atoms with van der Waals surface area (Å²) in [6.07, 6.45) is 3.45. The van der Waals surface area contributed by atoms with Crippen molar-refractivity contribution in [2.45, 2.75) is 12.8 Å². The number of hydrogen-bond acceptors (Lipinski definition) is 6. The molecule has 0 aliphatic rings. The van der Waals surface area contributed by atoms with Crippen LogP contribution < -0.4 is 0 Å². The number of furan rings is 1. The molecule has 1 aromatic carbocycles. The van der Waals surface area contributed by atoms with Gasteiger partial charge in [0, 0.05) is 41.4 Å². The van der Waals surface area contributed by atoms with Crippen molar-refractivity contribution in [1.82, 2.24) is 4.98 Å². The summed E-state index contributed by atoms with van der Waals surface area (Å²) in [7, 11) is 1.32. The fourth-order valence-corrected chi connectivity index (χ4v) is 2.53. The van der Waals surface area contributed by atoms with E-state index in [1.165, 1.54) is 25.4 Å². The molecule has 0 amide bonds. The maximum atomic E-state index is 12.7. The Morgan fingerprint density at radius 1 is 1.29 bits per heavy atom. The number of pyridine rings is 1. The maximum Gasteiger partial charge on any atom is 0.305 e. The Balaban J connectivity index is 2.08. The molecule has 0 fully saturated rings. The zero-order chi connectivity index (χ0) is 17.1. The van der Waals surface area contributed by atoms with Crippen LogP contribution in [0.25, 0.3) is 11.0 Å². The second kappa shape index (κ2) is 6.54. The Labute approximate surface area is 137 Å². The smallest absolute Gasteiger partial charge is 0.305 e. The number of aromatic hydroxyl groups is 1. The molecular weight excluding hydrogens is 310 g/mol. The average molecular weight is 325 g/mol. The third-order valence-electron chi connectivity index (χ3n) is 3.71. The molecule has 3 aromatic rings. The molecular formula is C18H15NO5. The van der Waals surface area contributed by atoms with Crippen LogP contribution >= 0.6 is 0 Å². The molecule has 2 aromatic heterocycles. The van der Waals surface area contributed by atoms with Crippen molar-refractivity contribution in [2.24, 2.45) is 0 Å². The van der Waals surface area contributed by atoms with Crippen molar-refractivity contribution >= 4 is 22.7 Å². The van der Waals surface area contributed by atoms with E-state index in [0.717, 1.165) is 0 Å². The quantitative estimate of drug-likeness (QED) is 0.573. The second-order valence-electron chi connectivity index (χ2n) is 5.24. The monoisotopic (exact) mass is 325 g/mol. The van der Waals surface area contributed by atoms with Crippen molar-refractivity contribution in [1.29, 1.82) is 0 Å². The number of phenols is 1. The van der Waals surface area contributed by atoms with Crippen molar-refractivity contribution in [2.75, 3.05) is 7.11 Å². The topological polar surface area (TPSA) is 89.6 Å². The van der Waals surface area contributed by atoms with Crippen molar-refractivity contribution in [3.63, 3.8) is 0 Å². The standard InChI is InChI=1S/C18H15NO5/c1-23-16(21)7-6-14-13-5-4-12(20)9-15(13)24-18(14)17(22)11-3-2-8-19-10-11/h2-5,8-10,20H,6-7H2,1H3. The lowest BCUT2D eigenvalue weighted by Crippen LogP contribution is -2.06. The van der Waals surface area contributed by atoms with Crippen LogP contribution in [0.2, 0.25) is 0 Å². The zero-order valence-corrected chi connectivity index (χ0v) is 13.0. The third kappa shape index (κ3) is 2.99. The normalized spacial score (nSPS) is 10.7. The first-order chi connectivity index (χ1) is 11.6. The maximum absolute atomic E-state index is 12.7. The summed E-state index contributed by atoms with van der Waals surface area (Å²) in [5.41, 5.74) is 1.39. The highest BCUT2D eigenvalue weighted by atomic mass is 16.5. The van der Waals surface area contributed by atoms with Crippen molar-refractivity contribution < 1.29 is 23.8 Å². The summed E-state index contributed by atoms with van der Waals surface area (Å²) in [5, 5.41) is 10.3. The summed E-state index contributed by atoms with van der Waals surface area (Å²) in [4.78, 5) is 28.1. The largest absolute Gasteiger partial charge is 0.508 e. The van der Waals surface area contributed by atoms with E-state index in [2.05, 4.69) is 9.72 Å². The van der Waals surface area contributed by atoms with Crippen LogP contribution in [-0.2, 0) is 16.0 Å². The van der Waals surface area contributed by atoms with Gasteiger partial charge in [0.1, 0.15) is 11.3 Å². The molecule has 2 heterocycles. The zero-order valence-electron chi connectivity index (χ0n) is 13.0. The second-order valence-corrected chi connectivity index (χ2v) is 5.24. The average Bonchev–Trinajstić information content (AvgIpc) is 2.97. The van der Waals surface area contributed by atoms with Crippen LogP contribution in [0.15, 0.2) is 47.1 Å². The van der Waals surface area contributed by atoms with Gasteiger partial charge in [-0.2, -0.15) is 0 Å². The molecule has 6 nitrogen and oxygen atoms in total. The van der Waals surface area contributed by atoms with E-state index < -0.39 is 0 Å². The molecule has 6 heteroatoms. The van der Waals surface area contributed by atoms with Crippen LogP contribution in [0, 0.1) is 0 Å². The Morgan fingerprint density at radius 2 is 2.12 bits per heavy atom. The van der Waals surface area contributed by atoms with Gasteiger partial charge in [-0.1, -0.05) is 0 Å². The fourth-order valence-electron chi connectivity index (χ4n) is 2.53. The minimum absolute atomic E-state index is 0.0381. The van der Waals surface area contributed by atoms with Gasteiger partial charge < -0.3 is 14.3 Å². The minimum Gasteiger partial charge on any atom is -0.508 e. The minimum atomic E-state index is -0.372. The Kier molecular flexibility index (Phi) is 4.29. The molecule has 122 valence electrons. The van der Waals surface area contributed by atoms with E-state index in [1.807, 2.05) is 0 Å². The Morgan fingerprint density at radius 3 is 2.83 bits per heavy atom. The molecule has 0 saturated carbocycles. The first kappa shape index (κ1) is 15.7. The number of methoxy groups -OCH3 is 1. The number of carbonyl (C=O) groups excluding carboxylic acids is 2. The summed E-state index contributed by atoms with van der Waals surface area (Å²) in [6.45, 7) is 0. The molecule has 0 aliphatic heterocycles. The Bertz CT molecular complexity index is 898. The molecule has 0 atom stereocenters. The predicted octanol–water partition coefficient (Wildman–Crippen LogP) is 2.87. The summed E-state index contributed by atoms with van der Waals surface area (Å²) in [6, 6.07) is 7.93. The number of hydrogen-bond donors (Lipinski definition) is 1. The number of aryl methyl sites for hydroxylation is 1. The number of ether oxygens (including phenoxy) is 1. The van der Waals surface area contributed by atoms with E-state index in [0.29, 0.717) is 28.5 Å². The number of esters is 1. The van der Waals surface area contributed by atoms with Gasteiger partial charge >= 0.3 is 5.97 Å². The van der Waals surface area contributed by atoms with Gasteiger partial charge in [0.05, 0.1) is 7.11 Å². The molecule has 24 heavy (non-hydrogen) atoms. The van der Waals surface area contributed by atoms with E-state index in [9.17, 15) is 14.7 Å². The van der Waals surface area contributed by atoms with Crippen LogP contribution in [0.5, 0.6) is 5.75 Å². The number of phenolic OH excluding ortho intramolecular Hbond substituents is 1. The number of nitrogens with zero attached hydrogens (tertiary/aromatic N) is 1. The number of ketones is 1. The Hall–Kier alpha value is -3.15. The van der Waals surface area contributed by atoms with E-state index in [4.69, 9.17) is 4.42 Å². The van der Waals surface area contributed by atoms with Gasteiger partial charge in [-0.05, 0) is 30.7 Å². The van der Waals surface area contributed by atoms with E-state index in [-0.39, 0.29) is 29.7 Å². The molecule has 0 spiro atoms. The lowest BCUT2D eigenvalue weighted by atomic mass is 10.0. The summed E-state index contributed by atoms with van der Waals surface area (Å²) < 4.78 is 10.3. The van der Waals surface area contributed by atoms with Crippen molar-refractivity contribution in [3.8, 4) is 5.75 Å². The highest BCUT2D eigenvalue weighted by Crippen LogP contribution is 2.31. The highest BCUT2D eigenvalue weighted by Gasteiger charge is 2.22. The van der Waals surface area contributed by atoms with E-state index in [1.54, 1.807) is 24.4 Å². The van der Waals surface area contributed by atoms with Crippen LogP contribution in [0.3, 0.4) is 0 Å². The number of carbonyl (C=O) groups is 2. The molecule has 0 unspecified atom stereocenters. The molecule has 0 saturated heterocycles. The van der Waals surface area contributed by atoms with Crippen molar-refractivity contribution in [3.05, 3.63) is 59.6 Å². The number of fused-ring (bicyclic) bond motifs is 1. The van der Waals surface area contributed by atoms with Gasteiger partial charge in [-0.25, -0.2) is 0 Å². The lowest BCUT2D eigenvalue weighted by molar-refractivity contribution is -0.140. The molecule has 0 aliphatic carbocycles. The number of aromatic nitrogens is 1.